The molecule has 0 saturated carbocycles. The number of hydrogen-bond donors (Lipinski definition) is 0. The molecule has 0 radical (unpaired) electrons. The number of carbonyl (C=O) groups excluding carboxylic acids is 1. The van der Waals surface area contributed by atoms with Gasteiger partial charge in [0.25, 0.3) is 0 Å². The van der Waals surface area contributed by atoms with Crippen molar-refractivity contribution in [3.63, 3.8) is 0 Å². The molecule has 0 saturated heterocycles. The fraction of sp³-hybridized carbons (Fsp3) is 0.722. The maximum Gasteiger partial charge on any atom is 0.173 e. The van der Waals surface area contributed by atoms with Crippen molar-refractivity contribution < 1.29 is 9.90 Å². The van der Waals surface area contributed by atoms with Gasteiger partial charge in [-0.3, -0.25) is 4.79 Å². The molecule has 0 heterocycles. The molecule has 0 amide bonds. The second-order valence-corrected chi connectivity index (χ2v) is 18.2. The standard InChI is InChI=1S/C54H90N2O2/c1-5-7-9-11-13-15-17-19-21-23-25-27-29-31-33-35-45-56(46-36-34-32-30-28-26-24-22-20-18-16-14-12-10-8-6-2)50-43-39-48(40-44-50)52-53(57)51(54(52)58)47-37-41-49(42-38-47)55(3)4/h37-44,52,57H,5-36,45-46H2,1-4H3/p-1. The number of rotatable bonds is 38. The summed E-state index contributed by atoms with van der Waals surface area (Å²) >= 11 is 0. The highest BCUT2D eigenvalue weighted by Crippen LogP contribution is 2.42. The van der Waals surface area contributed by atoms with Gasteiger partial charge in [-0.25, -0.2) is 0 Å². The quantitative estimate of drug-likeness (QED) is 0.0635. The van der Waals surface area contributed by atoms with Gasteiger partial charge in [0.1, 0.15) is 0 Å². The van der Waals surface area contributed by atoms with E-state index in [1.807, 2.05) is 55.4 Å². The Balaban J connectivity index is 1.37. The molecule has 0 aliphatic heterocycles. The van der Waals surface area contributed by atoms with E-state index in [2.05, 4.69) is 30.9 Å². The first-order valence-corrected chi connectivity index (χ1v) is 25.1. The van der Waals surface area contributed by atoms with Crippen LogP contribution in [0.1, 0.15) is 236 Å². The molecule has 0 aromatic heterocycles. The Kier molecular flexibility index (Phi) is 27.4. The smallest absolute Gasteiger partial charge is 0.173 e. The Morgan fingerprint density at radius 3 is 1.05 bits per heavy atom. The molecule has 4 heteroatoms. The molecular weight excluding hydrogens is 709 g/mol. The van der Waals surface area contributed by atoms with Crippen molar-refractivity contribution in [1.82, 2.24) is 0 Å². The van der Waals surface area contributed by atoms with Crippen molar-refractivity contribution in [2.24, 2.45) is 0 Å². The SMILES string of the molecule is CCCCCCCCCCCCCCCCCCN(CCCCCCCCCCCCCCCCCC)c1ccc(C2C(=O)C(c3ccc(N(C)C)cc3)=C2[O-])cc1. The molecular formula is C54H89N2O2-. The van der Waals surface area contributed by atoms with Crippen molar-refractivity contribution in [3.8, 4) is 0 Å². The van der Waals surface area contributed by atoms with Crippen LogP contribution >= 0.6 is 0 Å². The van der Waals surface area contributed by atoms with Crippen LogP contribution in [0.2, 0.25) is 0 Å². The first-order chi connectivity index (χ1) is 28.5. The van der Waals surface area contributed by atoms with E-state index >= 15 is 0 Å². The second-order valence-electron chi connectivity index (χ2n) is 18.2. The highest BCUT2D eigenvalue weighted by atomic mass is 16.3. The molecule has 1 aliphatic carbocycles. The van der Waals surface area contributed by atoms with Crippen LogP contribution in [-0.4, -0.2) is 33.0 Å². The number of Topliss-reactive ketones (excluding diaryl/α,β-unsaturated/α-hetero) is 1. The number of ketones is 1. The minimum atomic E-state index is -0.660. The summed E-state index contributed by atoms with van der Waals surface area (Å²) in [6.07, 6.45) is 44.5. The highest BCUT2D eigenvalue weighted by Gasteiger charge is 2.35. The fourth-order valence-electron chi connectivity index (χ4n) is 8.91. The number of allylic oxidation sites excluding steroid dienone is 2. The summed E-state index contributed by atoms with van der Waals surface area (Å²) in [4.78, 5) is 17.9. The Hall–Kier alpha value is -2.75. The van der Waals surface area contributed by atoms with Crippen molar-refractivity contribution in [2.45, 2.75) is 225 Å². The number of carbonyl (C=O) groups is 1. The van der Waals surface area contributed by atoms with Gasteiger partial charge in [0.2, 0.25) is 0 Å². The van der Waals surface area contributed by atoms with E-state index in [9.17, 15) is 9.90 Å². The van der Waals surface area contributed by atoms with Crippen LogP contribution < -0.4 is 14.9 Å². The molecule has 2 aromatic carbocycles. The first kappa shape index (κ1) is 49.6. The molecule has 0 bridgehead atoms. The lowest BCUT2D eigenvalue weighted by Crippen LogP contribution is -2.35. The largest absolute Gasteiger partial charge is 0.874 e. The van der Waals surface area contributed by atoms with E-state index in [4.69, 9.17) is 0 Å². The van der Waals surface area contributed by atoms with Gasteiger partial charge in [-0.05, 0) is 48.2 Å². The van der Waals surface area contributed by atoms with E-state index in [1.165, 1.54) is 211 Å². The fourth-order valence-corrected chi connectivity index (χ4v) is 8.91. The molecule has 328 valence electrons. The van der Waals surface area contributed by atoms with Gasteiger partial charge in [0.05, 0.1) is 5.92 Å². The average Bonchev–Trinajstić information content (AvgIpc) is 3.23. The van der Waals surface area contributed by atoms with E-state index in [0.717, 1.165) is 29.9 Å². The van der Waals surface area contributed by atoms with Crippen LogP contribution in [0.4, 0.5) is 11.4 Å². The average molecular weight is 798 g/mol. The van der Waals surface area contributed by atoms with E-state index < -0.39 is 5.92 Å². The van der Waals surface area contributed by atoms with Gasteiger partial charge in [0, 0.05) is 44.1 Å². The second kappa shape index (κ2) is 32.1. The molecule has 0 fully saturated rings. The summed E-state index contributed by atoms with van der Waals surface area (Å²) in [6, 6.07) is 16.1. The summed E-state index contributed by atoms with van der Waals surface area (Å²) in [5.74, 6) is -0.756. The molecule has 2 aromatic rings. The normalized spacial score (nSPS) is 14.0. The van der Waals surface area contributed by atoms with Crippen LogP contribution in [0.15, 0.2) is 54.3 Å². The van der Waals surface area contributed by atoms with E-state index in [-0.39, 0.29) is 11.5 Å². The van der Waals surface area contributed by atoms with E-state index in [0.29, 0.717) is 5.57 Å². The Morgan fingerprint density at radius 1 is 0.431 bits per heavy atom. The Bertz CT molecular complexity index is 1290. The molecule has 1 unspecified atom stereocenters. The van der Waals surface area contributed by atoms with E-state index in [1.54, 1.807) is 0 Å². The monoisotopic (exact) mass is 798 g/mol. The minimum Gasteiger partial charge on any atom is -0.874 e. The van der Waals surface area contributed by atoms with Gasteiger partial charge in [0.15, 0.2) is 5.78 Å². The summed E-state index contributed by atoms with van der Waals surface area (Å²) in [7, 11) is 3.98. The maximum atomic E-state index is 13.3. The third kappa shape index (κ3) is 20.0. The van der Waals surface area contributed by atoms with Crippen LogP contribution in [0.25, 0.3) is 5.57 Å². The zero-order chi connectivity index (χ0) is 41.5. The van der Waals surface area contributed by atoms with Crippen molar-refractivity contribution in [2.75, 3.05) is 37.0 Å². The van der Waals surface area contributed by atoms with Crippen LogP contribution in [0.3, 0.4) is 0 Å². The highest BCUT2D eigenvalue weighted by molar-refractivity contribution is 6.31. The maximum absolute atomic E-state index is 13.3. The molecule has 0 spiro atoms. The summed E-state index contributed by atoms with van der Waals surface area (Å²) in [5.41, 5.74) is 4.20. The van der Waals surface area contributed by atoms with Crippen LogP contribution in [-0.2, 0) is 4.79 Å². The third-order valence-corrected chi connectivity index (χ3v) is 12.8. The molecule has 3 rings (SSSR count). The van der Waals surface area contributed by atoms with Crippen LogP contribution in [0.5, 0.6) is 0 Å². The first-order valence-electron chi connectivity index (χ1n) is 25.1. The third-order valence-electron chi connectivity index (χ3n) is 12.8. The molecule has 0 N–H and O–H groups in total. The minimum absolute atomic E-state index is 0.0476. The summed E-state index contributed by atoms with van der Waals surface area (Å²) in [5, 5.41) is 13.3. The van der Waals surface area contributed by atoms with Gasteiger partial charge in [-0.2, -0.15) is 0 Å². The molecule has 1 aliphatic rings. The molecule has 1 atom stereocenters. The summed E-state index contributed by atoms with van der Waals surface area (Å²) < 4.78 is 0. The predicted molar refractivity (Wildman–Crippen MR) is 253 cm³/mol. The Labute approximate surface area is 359 Å². The predicted octanol–water partition coefficient (Wildman–Crippen LogP) is 15.5. The summed E-state index contributed by atoms with van der Waals surface area (Å²) in [6.45, 7) is 6.76. The van der Waals surface area contributed by atoms with Gasteiger partial charge >= 0.3 is 0 Å². The number of hydrogen-bond acceptors (Lipinski definition) is 4. The number of unbranched alkanes of at least 4 members (excludes halogenated alkanes) is 30. The zero-order valence-corrected chi connectivity index (χ0v) is 38.4. The van der Waals surface area contributed by atoms with Gasteiger partial charge in [-0.15, -0.1) is 5.76 Å². The Morgan fingerprint density at radius 2 is 0.741 bits per heavy atom. The molecule has 4 nitrogen and oxygen atoms in total. The topological polar surface area (TPSA) is 46.6 Å². The van der Waals surface area contributed by atoms with Gasteiger partial charge < -0.3 is 14.9 Å². The lowest BCUT2D eigenvalue weighted by atomic mass is 9.75. The lowest BCUT2D eigenvalue weighted by molar-refractivity contribution is -0.310. The van der Waals surface area contributed by atoms with Crippen molar-refractivity contribution in [1.29, 1.82) is 0 Å². The number of nitrogens with zero attached hydrogens (tertiary/aromatic N) is 2. The van der Waals surface area contributed by atoms with Crippen molar-refractivity contribution in [3.05, 3.63) is 65.4 Å². The molecule has 58 heavy (non-hydrogen) atoms. The van der Waals surface area contributed by atoms with Crippen molar-refractivity contribution >= 4 is 22.7 Å². The number of benzene rings is 2. The lowest BCUT2D eigenvalue weighted by Gasteiger charge is -2.37. The zero-order valence-electron chi connectivity index (χ0n) is 38.4. The van der Waals surface area contributed by atoms with Gasteiger partial charge in [-0.1, -0.05) is 231 Å². The van der Waals surface area contributed by atoms with Crippen LogP contribution in [0, 0.1) is 0 Å². The number of anilines is 2.